The first-order valence-corrected chi connectivity index (χ1v) is 7.52. The quantitative estimate of drug-likeness (QED) is 0.869. The summed E-state index contributed by atoms with van der Waals surface area (Å²) >= 11 is 17.6. The zero-order valence-corrected chi connectivity index (χ0v) is 13.2. The number of carbonyl (C=O) groups is 2. The van der Waals surface area contributed by atoms with Gasteiger partial charge in [-0.05, 0) is 12.8 Å². The van der Waals surface area contributed by atoms with Gasteiger partial charge in [0.25, 0.3) is 5.91 Å². The minimum absolute atomic E-state index is 0.0369. The molecule has 0 aromatic carbocycles. The number of aliphatic carboxylic acids is 1. The van der Waals surface area contributed by atoms with Crippen molar-refractivity contribution >= 4 is 46.7 Å². The molecule has 1 saturated carbocycles. The van der Waals surface area contributed by atoms with Crippen molar-refractivity contribution in [2.45, 2.75) is 37.6 Å². The summed E-state index contributed by atoms with van der Waals surface area (Å²) in [6.07, 6.45) is 4.08. The monoisotopic (exact) mass is 350 g/mol. The highest BCUT2D eigenvalue weighted by atomic mass is 35.5. The third-order valence-electron chi connectivity index (χ3n) is 3.56. The second kappa shape index (κ2) is 6.38. The lowest BCUT2D eigenvalue weighted by molar-refractivity contribution is -0.138. The number of hydrogen-bond donors (Lipinski definition) is 2. The Morgan fingerprint density at radius 2 is 1.86 bits per heavy atom. The first-order valence-electron chi connectivity index (χ1n) is 6.38. The number of amides is 1. The lowest BCUT2D eigenvalue weighted by Crippen LogP contribution is -2.48. The highest BCUT2D eigenvalue weighted by molar-refractivity contribution is 6.48. The Morgan fingerprint density at radius 1 is 1.24 bits per heavy atom. The van der Waals surface area contributed by atoms with E-state index in [1.54, 1.807) is 0 Å². The molecule has 1 aliphatic rings. The van der Waals surface area contributed by atoms with Crippen molar-refractivity contribution in [3.63, 3.8) is 0 Å². The smallest absolute Gasteiger partial charge is 0.305 e. The number of pyridine rings is 1. The van der Waals surface area contributed by atoms with Crippen molar-refractivity contribution in [1.29, 1.82) is 0 Å². The van der Waals surface area contributed by atoms with Gasteiger partial charge in [-0.2, -0.15) is 0 Å². The highest BCUT2D eigenvalue weighted by Crippen LogP contribution is 2.35. The van der Waals surface area contributed by atoms with Crippen LogP contribution in [0.15, 0.2) is 6.20 Å². The molecule has 0 unspecified atom stereocenters. The first-order chi connectivity index (χ1) is 9.84. The lowest BCUT2D eigenvalue weighted by atomic mass is 9.93. The zero-order valence-electron chi connectivity index (χ0n) is 11.0. The second-order valence-electron chi connectivity index (χ2n) is 5.09. The van der Waals surface area contributed by atoms with E-state index in [0.717, 1.165) is 12.8 Å². The van der Waals surface area contributed by atoms with Gasteiger partial charge in [0.1, 0.15) is 5.69 Å². The van der Waals surface area contributed by atoms with Crippen LogP contribution in [-0.2, 0) is 4.79 Å². The topological polar surface area (TPSA) is 79.3 Å². The molecule has 0 saturated heterocycles. The summed E-state index contributed by atoms with van der Waals surface area (Å²) in [6, 6.07) is 0. The Hall–Kier alpha value is -1.04. The minimum Gasteiger partial charge on any atom is -0.481 e. The minimum atomic E-state index is -0.953. The van der Waals surface area contributed by atoms with Crippen molar-refractivity contribution in [2.75, 3.05) is 0 Å². The van der Waals surface area contributed by atoms with Crippen LogP contribution in [-0.4, -0.2) is 27.5 Å². The fourth-order valence-electron chi connectivity index (χ4n) is 2.59. The molecule has 2 N–H and O–H groups in total. The van der Waals surface area contributed by atoms with E-state index >= 15 is 0 Å². The maximum Gasteiger partial charge on any atom is 0.305 e. The average Bonchev–Trinajstić information content (AvgIpc) is 2.83. The number of halogens is 3. The van der Waals surface area contributed by atoms with Crippen LogP contribution in [0.3, 0.4) is 0 Å². The number of aromatic nitrogens is 1. The Bertz CT molecular complexity index is 586. The van der Waals surface area contributed by atoms with Gasteiger partial charge in [-0.1, -0.05) is 47.6 Å². The Kier molecular flexibility index (Phi) is 4.96. The van der Waals surface area contributed by atoms with E-state index in [4.69, 9.17) is 39.9 Å². The Labute approximate surface area is 136 Å². The summed E-state index contributed by atoms with van der Waals surface area (Å²) in [7, 11) is 0. The first kappa shape index (κ1) is 16.3. The van der Waals surface area contributed by atoms with E-state index in [9.17, 15) is 9.59 Å². The summed E-state index contributed by atoms with van der Waals surface area (Å²) in [5.41, 5.74) is -0.803. The lowest BCUT2D eigenvalue weighted by Gasteiger charge is -2.28. The summed E-state index contributed by atoms with van der Waals surface area (Å²) in [6.45, 7) is 0. The van der Waals surface area contributed by atoms with Gasteiger partial charge in [0, 0.05) is 6.20 Å². The molecule has 5 nitrogen and oxygen atoms in total. The molecular formula is C13H13Cl3N2O3. The molecule has 1 heterocycles. The average molecular weight is 352 g/mol. The van der Waals surface area contributed by atoms with Crippen LogP contribution in [0, 0.1) is 0 Å². The molecule has 8 heteroatoms. The van der Waals surface area contributed by atoms with Crippen molar-refractivity contribution in [3.05, 3.63) is 27.0 Å². The van der Waals surface area contributed by atoms with Crippen LogP contribution in [0.4, 0.5) is 0 Å². The van der Waals surface area contributed by atoms with Gasteiger partial charge in [0.15, 0.2) is 0 Å². The Morgan fingerprint density at radius 3 is 2.43 bits per heavy atom. The van der Waals surface area contributed by atoms with E-state index in [0.29, 0.717) is 12.8 Å². The summed E-state index contributed by atoms with van der Waals surface area (Å²) in [5.74, 6) is -1.49. The maximum atomic E-state index is 12.3. The van der Waals surface area contributed by atoms with Crippen molar-refractivity contribution in [3.8, 4) is 0 Å². The van der Waals surface area contributed by atoms with Crippen molar-refractivity contribution < 1.29 is 14.7 Å². The molecule has 0 atom stereocenters. The van der Waals surface area contributed by atoms with Gasteiger partial charge in [-0.25, -0.2) is 4.98 Å². The highest BCUT2D eigenvalue weighted by Gasteiger charge is 2.38. The number of carboxylic acids is 1. The van der Waals surface area contributed by atoms with E-state index in [2.05, 4.69) is 10.3 Å². The molecule has 1 fully saturated rings. The molecule has 114 valence electrons. The Balaban J connectivity index is 2.24. The molecule has 1 aromatic heterocycles. The third-order valence-corrected chi connectivity index (χ3v) is 4.80. The molecule has 0 spiro atoms. The van der Waals surface area contributed by atoms with Crippen molar-refractivity contribution in [1.82, 2.24) is 10.3 Å². The molecular weight excluding hydrogens is 339 g/mol. The van der Waals surface area contributed by atoms with Crippen LogP contribution >= 0.6 is 34.8 Å². The number of hydrogen-bond acceptors (Lipinski definition) is 3. The molecule has 0 bridgehead atoms. The van der Waals surface area contributed by atoms with E-state index in [1.165, 1.54) is 6.20 Å². The number of rotatable bonds is 4. The molecule has 1 aliphatic carbocycles. The van der Waals surface area contributed by atoms with Crippen LogP contribution in [0.2, 0.25) is 15.1 Å². The molecule has 0 aliphatic heterocycles. The summed E-state index contributed by atoms with van der Waals surface area (Å²) < 4.78 is 0. The van der Waals surface area contributed by atoms with Gasteiger partial charge in [-0.3, -0.25) is 9.59 Å². The van der Waals surface area contributed by atoms with Gasteiger partial charge < -0.3 is 10.4 Å². The van der Waals surface area contributed by atoms with Gasteiger partial charge in [0.2, 0.25) is 0 Å². The number of carboxylic acid groups (broad SMARTS) is 1. The van der Waals surface area contributed by atoms with Crippen LogP contribution < -0.4 is 5.32 Å². The molecule has 2 rings (SSSR count). The number of nitrogens with zero attached hydrogens (tertiary/aromatic N) is 1. The predicted molar refractivity (Wildman–Crippen MR) is 80.2 cm³/mol. The fourth-order valence-corrected chi connectivity index (χ4v) is 3.16. The van der Waals surface area contributed by atoms with Gasteiger partial charge in [0.05, 0.1) is 27.0 Å². The van der Waals surface area contributed by atoms with Crippen LogP contribution in [0.1, 0.15) is 42.6 Å². The molecule has 0 radical (unpaired) electrons. The second-order valence-corrected chi connectivity index (χ2v) is 6.26. The van der Waals surface area contributed by atoms with Crippen molar-refractivity contribution in [2.24, 2.45) is 0 Å². The van der Waals surface area contributed by atoms with E-state index in [1.807, 2.05) is 0 Å². The van der Waals surface area contributed by atoms with E-state index < -0.39 is 17.4 Å². The van der Waals surface area contributed by atoms with Gasteiger partial charge in [-0.15, -0.1) is 0 Å². The fraction of sp³-hybridized carbons (Fsp3) is 0.462. The zero-order chi connectivity index (χ0) is 15.6. The standard InChI is InChI=1S/C13H13Cl3N2O3/c14-7-6-17-11(10(16)9(7)15)12(21)18-13(5-8(19)20)3-1-2-4-13/h6H,1-5H2,(H,18,21)(H,19,20). The predicted octanol–water partition coefficient (Wildman–Crippen LogP) is 3.56. The van der Waals surface area contributed by atoms with E-state index in [-0.39, 0.29) is 27.2 Å². The van der Waals surface area contributed by atoms with Crippen LogP contribution in [0.5, 0.6) is 0 Å². The molecule has 1 aromatic rings. The normalized spacial score (nSPS) is 16.7. The third kappa shape index (κ3) is 3.59. The van der Waals surface area contributed by atoms with Gasteiger partial charge >= 0.3 is 5.97 Å². The molecule has 1 amide bonds. The number of carbonyl (C=O) groups excluding carboxylic acids is 1. The number of nitrogens with one attached hydrogen (secondary N) is 1. The largest absolute Gasteiger partial charge is 0.481 e. The summed E-state index contributed by atoms with van der Waals surface area (Å²) in [4.78, 5) is 27.2. The summed E-state index contributed by atoms with van der Waals surface area (Å²) in [5, 5.41) is 12.0. The van der Waals surface area contributed by atoms with Crippen LogP contribution in [0.25, 0.3) is 0 Å². The SMILES string of the molecule is O=C(O)CC1(NC(=O)c2ncc(Cl)c(Cl)c2Cl)CCCC1. The molecule has 21 heavy (non-hydrogen) atoms. The maximum absolute atomic E-state index is 12.3.